The van der Waals surface area contributed by atoms with Gasteiger partial charge >= 0.3 is 0 Å². The molecule has 1 aromatic carbocycles. The molecular weight excluding hydrogens is 284 g/mol. The number of nitrogens with one attached hydrogen (secondary N) is 1. The molecular formula is C16H15ClN4. The van der Waals surface area contributed by atoms with Crippen LogP contribution in [-0.4, -0.2) is 15.0 Å². The zero-order valence-corrected chi connectivity index (χ0v) is 12.4. The molecule has 0 spiro atoms. The third-order valence-electron chi connectivity index (χ3n) is 3.12. The fraction of sp³-hybridized carbons (Fsp3) is 0.188. The second-order valence-electron chi connectivity index (χ2n) is 4.74. The summed E-state index contributed by atoms with van der Waals surface area (Å²) in [6.07, 6.45) is 3.58. The van der Waals surface area contributed by atoms with Gasteiger partial charge in [-0.05, 0) is 30.7 Å². The first-order valence-corrected chi connectivity index (χ1v) is 7.28. The Morgan fingerprint density at radius 3 is 2.90 bits per heavy atom. The van der Waals surface area contributed by atoms with E-state index in [9.17, 15) is 0 Å². The maximum absolute atomic E-state index is 6.07. The van der Waals surface area contributed by atoms with Gasteiger partial charge in [-0.2, -0.15) is 0 Å². The summed E-state index contributed by atoms with van der Waals surface area (Å²) < 4.78 is 0. The number of pyridine rings is 1. The van der Waals surface area contributed by atoms with Crippen LogP contribution in [0, 0.1) is 0 Å². The highest BCUT2D eigenvalue weighted by molar-refractivity contribution is 6.29. The lowest BCUT2D eigenvalue weighted by molar-refractivity contribution is 0.837. The Morgan fingerprint density at radius 1 is 1.14 bits per heavy atom. The Labute approximate surface area is 128 Å². The lowest BCUT2D eigenvalue weighted by Crippen LogP contribution is -2.01. The highest BCUT2D eigenvalue weighted by Crippen LogP contribution is 2.25. The molecule has 0 aliphatic rings. The first kappa shape index (κ1) is 13.8. The Balaban J connectivity index is 1.98. The van der Waals surface area contributed by atoms with Crippen molar-refractivity contribution in [3.8, 4) is 0 Å². The van der Waals surface area contributed by atoms with Crippen LogP contribution in [0.15, 0.2) is 42.6 Å². The minimum absolute atomic E-state index is 0.453. The summed E-state index contributed by atoms with van der Waals surface area (Å²) in [6.45, 7) is 2.09. The molecule has 0 saturated heterocycles. The van der Waals surface area contributed by atoms with Crippen molar-refractivity contribution in [1.29, 1.82) is 0 Å². The molecule has 4 nitrogen and oxygen atoms in total. The van der Waals surface area contributed by atoms with Gasteiger partial charge in [0.1, 0.15) is 16.8 Å². The fourth-order valence-corrected chi connectivity index (χ4v) is 2.42. The minimum atomic E-state index is 0.453. The molecule has 0 saturated carbocycles. The van der Waals surface area contributed by atoms with E-state index in [1.165, 1.54) is 0 Å². The summed E-state index contributed by atoms with van der Waals surface area (Å²) in [4.78, 5) is 13.1. The van der Waals surface area contributed by atoms with Crippen LogP contribution in [0.4, 0.5) is 11.5 Å². The Morgan fingerprint density at radius 2 is 2.05 bits per heavy atom. The Kier molecular flexibility index (Phi) is 3.97. The molecule has 0 atom stereocenters. The molecule has 5 heteroatoms. The van der Waals surface area contributed by atoms with E-state index in [-0.39, 0.29) is 0 Å². The van der Waals surface area contributed by atoms with Gasteiger partial charge in [0.15, 0.2) is 0 Å². The highest BCUT2D eigenvalue weighted by atomic mass is 35.5. The van der Waals surface area contributed by atoms with Gasteiger partial charge in [-0.1, -0.05) is 24.6 Å². The molecule has 0 fully saturated rings. The molecule has 3 aromatic rings. The van der Waals surface area contributed by atoms with Crippen LogP contribution in [0.25, 0.3) is 10.9 Å². The molecule has 2 heterocycles. The van der Waals surface area contributed by atoms with Crippen LogP contribution in [-0.2, 0) is 6.42 Å². The van der Waals surface area contributed by atoms with Gasteiger partial charge in [0.2, 0.25) is 0 Å². The average molecular weight is 299 g/mol. The van der Waals surface area contributed by atoms with Gasteiger partial charge < -0.3 is 5.32 Å². The van der Waals surface area contributed by atoms with Crippen LogP contribution < -0.4 is 5.32 Å². The van der Waals surface area contributed by atoms with Crippen molar-refractivity contribution in [2.24, 2.45) is 0 Å². The number of aryl methyl sites for hydroxylation is 1. The minimum Gasteiger partial charge on any atom is -0.340 e. The molecule has 1 N–H and O–H groups in total. The van der Waals surface area contributed by atoms with E-state index >= 15 is 0 Å². The van der Waals surface area contributed by atoms with Crippen molar-refractivity contribution in [3.05, 3.63) is 53.6 Å². The maximum Gasteiger partial charge on any atom is 0.135 e. The van der Waals surface area contributed by atoms with E-state index in [1.807, 2.05) is 30.3 Å². The predicted molar refractivity (Wildman–Crippen MR) is 86.1 cm³/mol. The second-order valence-corrected chi connectivity index (χ2v) is 5.13. The van der Waals surface area contributed by atoms with Gasteiger partial charge in [-0.15, -0.1) is 0 Å². The molecule has 0 aliphatic carbocycles. The van der Waals surface area contributed by atoms with Crippen molar-refractivity contribution in [2.75, 3.05) is 5.32 Å². The SMILES string of the molecule is CCCc1nc(Cl)cc(Nc2cccc3ncccc23)n1. The van der Waals surface area contributed by atoms with Crippen molar-refractivity contribution < 1.29 is 0 Å². The smallest absolute Gasteiger partial charge is 0.135 e. The second kappa shape index (κ2) is 6.06. The summed E-state index contributed by atoms with van der Waals surface area (Å²) in [6, 6.07) is 11.6. The van der Waals surface area contributed by atoms with Gasteiger partial charge in [0.05, 0.1) is 5.52 Å². The molecule has 21 heavy (non-hydrogen) atoms. The maximum atomic E-state index is 6.07. The van der Waals surface area contributed by atoms with E-state index in [0.717, 1.165) is 35.3 Å². The topological polar surface area (TPSA) is 50.7 Å². The van der Waals surface area contributed by atoms with E-state index in [0.29, 0.717) is 11.0 Å². The number of benzene rings is 1. The van der Waals surface area contributed by atoms with Crippen molar-refractivity contribution in [2.45, 2.75) is 19.8 Å². The van der Waals surface area contributed by atoms with Crippen molar-refractivity contribution in [1.82, 2.24) is 15.0 Å². The molecule has 106 valence electrons. The van der Waals surface area contributed by atoms with Crippen LogP contribution in [0.3, 0.4) is 0 Å². The number of halogens is 1. The number of hydrogen-bond donors (Lipinski definition) is 1. The molecule has 0 radical (unpaired) electrons. The van der Waals surface area contributed by atoms with Gasteiger partial charge in [-0.3, -0.25) is 4.98 Å². The van der Waals surface area contributed by atoms with E-state index in [2.05, 4.69) is 27.2 Å². The number of aromatic nitrogens is 3. The molecule has 0 aliphatic heterocycles. The number of hydrogen-bond acceptors (Lipinski definition) is 4. The monoisotopic (exact) mass is 298 g/mol. The molecule has 0 bridgehead atoms. The summed E-state index contributed by atoms with van der Waals surface area (Å²) in [5.74, 6) is 1.46. The summed E-state index contributed by atoms with van der Waals surface area (Å²) in [5, 5.41) is 4.81. The number of fused-ring (bicyclic) bond motifs is 1. The fourth-order valence-electron chi connectivity index (χ4n) is 2.21. The molecule has 3 rings (SSSR count). The largest absolute Gasteiger partial charge is 0.340 e. The Bertz CT molecular complexity index is 768. The third kappa shape index (κ3) is 3.11. The summed E-state index contributed by atoms with van der Waals surface area (Å²) >= 11 is 6.07. The first-order chi connectivity index (χ1) is 10.3. The summed E-state index contributed by atoms with van der Waals surface area (Å²) in [7, 11) is 0. The van der Waals surface area contributed by atoms with Gasteiger partial charge in [0, 0.05) is 29.8 Å². The molecule has 0 amide bonds. The first-order valence-electron chi connectivity index (χ1n) is 6.90. The molecule has 2 aromatic heterocycles. The van der Waals surface area contributed by atoms with Gasteiger partial charge in [-0.25, -0.2) is 9.97 Å². The number of anilines is 2. The zero-order chi connectivity index (χ0) is 14.7. The van der Waals surface area contributed by atoms with Crippen LogP contribution in [0.2, 0.25) is 5.15 Å². The highest BCUT2D eigenvalue weighted by Gasteiger charge is 2.06. The standard InChI is InChI=1S/C16H15ClN4/c1-2-5-15-20-14(17)10-16(21-15)19-13-8-3-7-12-11(13)6-4-9-18-12/h3-4,6-10H,2,5H2,1H3,(H,19,20,21). The summed E-state index contributed by atoms with van der Waals surface area (Å²) in [5.41, 5.74) is 1.90. The Hall–Kier alpha value is -2.20. The lowest BCUT2D eigenvalue weighted by atomic mass is 10.2. The van der Waals surface area contributed by atoms with E-state index in [1.54, 1.807) is 12.3 Å². The van der Waals surface area contributed by atoms with Crippen LogP contribution in [0.1, 0.15) is 19.2 Å². The van der Waals surface area contributed by atoms with Crippen molar-refractivity contribution >= 4 is 34.0 Å². The predicted octanol–water partition coefficient (Wildman–Crippen LogP) is 4.37. The van der Waals surface area contributed by atoms with E-state index < -0.39 is 0 Å². The van der Waals surface area contributed by atoms with E-state index in [4.69, 9.17) is 11.6 Å². The van der Waals surface area contributed by atoms with Gasteiger partial charge in [0.25, 0.3) is 0 Å². The van der Waals surface area contributed by atoms with Crippen LogP contribution in [0.5, 0.6) is 0 Å². The van der Waals surface area contributed by atoms with Crippen molar-refractivity contribution in [3.63, 3.8) is 0 Å². The quantitative estimate of drug-likeness (QED) is 0.726. The zero-order valence-electron chi connectivity index (χ0n) is 11.7. The van der Waals surface area contributed by atoms with Crippen LogP contribution >= 0.6 is 11.6 Å². The average Bonchev–Trinajstić information content (AvgIpc) is 2.47. The lowest BCUT2D eigenvalue weighted by Gasteiger charge is -2.10. The normalized spacial score (nSPS) is 10.8. The third-order valence-corrected chi connectivity index (χ3v) is 3.32. The molecule has 0 unspecified atom stereocenters. The number of nitrogens with zero attached hydrogens (tertiary/aromatic N) is 3. The number of rotatable bonds is 4.